The Bertz CT molecular complexity index is 2960. The van der Waals surface area contributed by atoms with Crippen LogP contribution in [-0.4, -0.2) is 85.7 Å². The molecule has 16 nitrogen and oxygen atoms in total. The smallest absolute Gasteiger partial charge is 0.335 e. The van der Waals surface area contributed by atoms with Crippen molar-refractivity contribution in [2.45, 2.75) is 40.5 Å². The summed E-state index contributed by atoms with van der Waals surface area (Å²) in [6.45, 7) is 8.29. The van der Waals surface area contributed by atoms with Crippen molar-refractivity contribution < 1.29 is 26.9 Å². The largest absolute Gasteiger partial charge is 0.411 e. The van der Waals surface area contributed by atoms with E-state index in [1.165, 1.54) is 6.21 Å². The first kappa shape index (κ1) is 45.5. The average molecular weight is 879 g/mol. The fourth-order valence-electron chi connectivity index (χ4n) is 6.57. The molecule has 0 bridgehead atoms. The fraction of sp³-hybridized carbons (Fsp3) is 0.238. The van der Waals surface area contributed by atoms with Crippen LogP contribution in [-0.2, 0) is 54.9 Å². The van der Waals surface area contributed by atoms with Crippen molar-refractivity contribution in [3.8, 4) is 23.0 Å². The third kappa shape index (κ3) is 10.8. The maximum atomic E-state index is 8.77. The predicted octanol–water partition coefficient (Wildman–Crippen LogP) is 7.25. The molecule has 0 fully saturated rings. The molecule has 2 aromatic carbocycles. The summed E-state index contributed by atoms with van der Waals surface area (Å²) in [7, 11) is 3.96. The number of nitrogens with zero attached hydrogens (tertiary/aromatic N) is 10. The van der Waals surface area contributed by atoms with Gasteiger partial charge in [-0.15, -0.1) is 11.8 Å². The first-order chi connectivity index (χ1) is 29.5. The fourth-order valence-corrected chi connectivity index (χ4v) is 6.73. The van der Waals surface area contributed by atoms with Crippen LogP contribution in [0, 0.1) is 13.8 Å². The molecular formula is C42H42N10O6S3. The molecule has 1 N–H and O–H groups in total. The van der Waals surface area contributed by atoms with Gasteiger partial charge in [0.1, 0.15) is 22.4 Å². The van der Waals surface area contributed by atoms with E-state index in [2.05, 4.69) is 58.4 Å². The number of pyridine rings is 4. The minimum Gasteiger partial charge on any atom is -0.411 e. The van der Waals surface area contributed by atoms with Gasteiger partial charge in [0, 0.05) is 37.3 Å². The van der Waals surface area contributed by atoms with Gasteiger partial charge in [0.2, 0.25) is 0 Å². The number of aryl methyl sites for hydroxylation is 6. The number of aromatic nitrogens is 8. The predicted molar refractivity (Wildman–Crippen MR) is 241 cm³/mol. The minimum atomic E-state index is -0.750. The van der Waals surface area contributed by atoms with Gasteiger partial charge in [0.25, 0.3) is 0 Å². The van der Waals surface area contributed by atoms with Crippen molar-refractivity contribution in [1.29, 1.82) is 0 Å². The number of imidazole rings is 2. The summed E-state index contributed by atoms with van der Waals surface area (Å²) in [6, 6.07) is 20.4. The van der Waals surface area contributed by atoms with E-state index in [-0.39, 0.29) is 0 Å². The van der Waals surface area contributed by atoms with Crippen LogP contribution in [0.3, 0.4) is 0 Å². The second kappa shape index (κ2) is 21.6. The Morgan fingerprint density at radius 3 is 1.51 bits per heavy atom. The van der Waals surface area contributed by atoms with E-state index < -0.39 is 23.1 Å². The molecule has 6 heterocycles. The van der Waals surface area contributed by atoms with Crippen LogP contribution in [0.1, 0.15) is 47.2 Å². The van der Waals surface area contributed by atoms with Crippen molar-refractivity contribution in [3.05, 3.63) is 106 Å². The molecule has 0 amide bonds. The highest BCUT2D eigenvalue weighted by atomic mass is 32.2. The first-order valence-corrected chi connectivity index (χ1v) is 21.4. The molecule has 0 spiro atoms. The van der Waals surface area contributed by atoms with Gasteiger partial charge in [0.05, 0.1) is 23.5 Å². The van der Waals surface area contributed by atoms with Gasteiger partial charge >= 0.3 is 23.1 Å². The maximum Gasteiger partial charge on any atom is 0.335 e. The lowest BCUT2D eigenvalue weighted by atomic mass is 10.0. The zero-order chi connectivity index (χ0) is 44.1. The quantitative estimate of drug-likeness (QED) is 0.0499. The third-order valence-electron chi connectivity index (χ3n) is 9.37. The van der Waals surface area contributed by atoms with Crippen molar-refractivity contribution >= 4 is 91.5 Å². The molecule has 0 unspecified atom stereocenters. The summed E-state index contributed by atoms with van der Waals surface area (Å²) in [5, 5.41) is 18.0. The van der Waals surface area contributed by atoms with Crippen LogP contribution in [0.4, 0.5) is 0 Å². The van der Waals surface area contributed by atoms with Gasteiger partial charge in [-0.05, 0) is 103 Å². The molecule has 8 aromatic rings. The van der Waals surface area contributed by atoms with Gasteiger partial charge in [-0.2, -0.15) is 16.8 Å². The van der Waals surface area contributed by atoms with E-state index in [1.54, 1.807) is 18.0 Å². The van der Waals surface area contributed by atoms with Crippen LogP contribution < -0.4 is 0 Å². The molecule has 8 rings (SSSR count). The Hall–Kier alpha value is -6.57. The molecular weight excluding hydrogens is 837 g/mol. The van der Waals surface area contributed by atoms with Gasteiger partial charge in [-0.25, -0.2) is 29.9 Å². The summed E-state index contributed by atoms with van der Waals surface area (Å²) < 4.78 is 37.2. The summed E-state index contributed by atoms with van der Waals surface area (Å²) in [4.78, 5) is 33.7. The van der Waals surface area contributed by atoms with Crippen LogP contribution in [0.5, 0.6) is 0 Å². The standard InChI is InChI=1S/C22H23N5OS.C20H19N5O.2O2S/c1-5-16-10-17-7-6-15(12-24-28-13-29-4)9-18(17)25-20(16)22-26-19-8-14(2)11-23-21(19)27(22)3;1-4-14-9-15-6-5-13(11-22-26)8-16(15)23-18(14)20-24-17-7-12(2)10-21-19(17)25(20)3;2*1-3-2/h6-12H,5,13H2,1-4H3;5-11,26H,4H2,1-3H3;;/b24-12+;22-11+;;. The second-order valence-electron chi connectivity index (χ2n) is 13.5. The highest BCUT2D eigenvalue weighted by Gasteiger charge is 2.18. The average Bonchev–Trinajstić information content (AvgIpc) is 3.76. The Morgan fingerprint density at radius 1 is 0.656 bits per heavy atom. The molecule has 0 atom stereocenters. The zero-order valence-corrected chi connectivity index (χ0v) is 36.8. The molecule has 314 valence electrons. The van der Waals surface area contributed by atoms with Crippen LogP contribution in [0.2, 0.25) is 0 Å². The van der Waals surface area contributed by atoms with Crippen molar-refractivity contribution in [1.82, 2.24) is 39.0 Å². The molecule has 0 saturated heterocycles. The van der Waals surface area contributed by atoms with Crippen molar-refractivity contribution in [3.63, 3.8) is 0 Å². The van der Waals surface area contributed by atoms with Crippen LogP contribution in [0.25, 0.3) is 67.2 Å². The van der Waals surface area contributed by atoms with Gasteiger partial charge in [-0.3, -0.25) is 0 Å². The van der Waals surface area contributed by atoms with E-state index in [9.17, 15) is 0 Å². The summed E-state index contributed by atoms with van der Waals surface area (Å²) in [6.07, 6.45) is 10.5. The highest BCUT2D eigenvalue weighted by molar-refractivity contribution is 7.98. The van der Waals surface area contributed by atoms with Crippen LogP contribution in [0.15, 0.2) is 83.4 Å². The first-order valence-electron chi connectivity index (χ1n) is 18.7. The Morgan fingerprint density at radius 2 is 1.10 bits per heavy atom. The van der Waals surface area contributed by atoms with E-state index >= 15 is 0 Å². The monoisotopic (exact) mass is 878 g/mol. The second-order valence-corrected chi connectivity index (χ2v) is 14.5. The molecule has 0 aliphatic rings. The lowest BCUT2D eigenvalue weighted by Gasteiger charge is -2.10. The van der Waals surface area contributed by atoms with Gasteiger partial charge in [-0.1, -0.05) is 48.4 Å². The lowest BCUT2D eigenvalue weighted by molar-refractivity contribution is 0.199. The summed E-state index contributed by atoms with van der Waals surface area (Å²) >= 11 is 0.0841. The number of rotatable bonds is 9. The third-order valence-corrected chi connectivity index (χ3v) is 9.71. The summed E-state index contributed by atoms with van der Waals surface area (Å²) in [5.74, 6) is 2.17. The van der Waals surface area contributed by atoms with E-state index in [0.717, 1.165) is 113 Å². The number of benzene rings is 2. The van der Waals surface area contributed by atoms with Gasteiger partial charge < -0.3 is 19.2 Å². The number of thioether (sulfide) groups is 1. The van der Waals surface area contributed by atoms with Gasteiger partial charge in [0.15, 0.2) is 28.9 Å². The maximum absolute atomic E-state index is 8.77. The number of hydrogen-bond acceptors (Lipinski definition) is 15. The number of fused-ring (bicyclic) bond motifs is 4. The Labute approximate surface area is 362 Å². The summed E-state index contributed by atoms with van der Waals surface area (Å²) in [5.41, 5.74) is 13.2. The molecule has 19 heteroatoms. The zero-order valence-electron chi connectivity index (χ0n) is 34.4. The molecule has 0 aliphatic heterocycles. The SMILES string of the molecule is CCc1cc2ccc(/C=N/O)cc2nc1-c1nc2cc(C)cnc2n1C.CCc1cc2ccc(/C=N/OCSC)cc2nc1-c1nc2cc(C)cnc2n1C.O=S=O.O=S=O. The van der Waals surface area contributed by atoms with E-state index in [1.807, 2.05) is 92.1 Å². The normalized spacial score (nSPS) is 11.0. The molecule has 0 saturated carbocycles. The highest BCUT2D eigenvalue weighted by Crippen LogP contribution is 2.30. The Kier molecular flexibility index (Phi) is 16.1. The molecule has 0 aliphatic carbocycles. The Balaban J connectivity index is 0.000000206. The van der Waals surface area contributed by atoms with E-state index in [0.29, 0.717) is 5.94 Å². The lowest BCUT2D eigenvalue weighted by Crippen LogP contribution is -2.00. The molecule has 0 radical (unpaired) electrons. The van der Waals surface area contributed by atoms with Crippen LogP contribution >= 0.6 is 11.8 Å². The molecule has 6 aromatic heterocycles. The molecule has 61 heavy (non-hydrogen) atoms. The minimum absolute atomic E-state index is 0.534. The van der Waals surface area contributed by atoms with E-state index in [4.69, 9.17) is 46.8 Å². The number of oxime groups is 2. The van der Waals surface area contributed by atoms with Crippen molar-refractivity contribution in [2.24, 2.45) is 24.4 Å². The van der Waals surface area contributed by atoms with Crippen molar-refractivity contribution in [2.75, 3.05) is 12.2 Å². The topological polar surface area (TPSA) is 210 Å². The number of hydrogen-bond donors (Lipinski definition) is 1.